The molecule has 0 saturated carbocycles. The monoisotopic (exact) mass is 306 g/mol. The topological polar surface area (TPSA) is 0 Å². The highest BCUT2D eigenvalue weighted by molar-refractivity contribution is 5.54. The van der Waals surface area contributed by atoms with Crippen LogP contribution in [0, 0.1) is 6.92 Å². The van der Waals surface area contributed by atoms with Crippen LogP contribution < -0.4 is 0 Å². The minimum atomic E-state index is 0.238. The molecule has 0 N–H and O–H groups in total. The zero-order valence-corrected chi connectivity index (χ0v) is 15.0. The molecule has 0 amide bonds. The van der Waals surface area contributed by atoms with E-state index in [1.54, 1.807) is 22.3 Å². The lowest BCUT2D eigenvalue weighted by atomic mass is 9.62. The van der Waals surface area contributed by atoms with Gasteiger partial charge in [0.2, 0.25) is 0 Å². The standard InChI is InChI=1S/C23H30/c1-4-6-14-23(15-7-5-2)21-11-9-8-10-19(21)17-20-13-12-18(3)16-22(20)23/h8-13,16H,4-7,14-15,17H2,1-3H3. The third kappa shape index (κ3) is 2.96. The SMILES string of the molecule is CCCCC1(CCCC)c2ccccc2Cc2ccc(C)cc21. The highest BCUT2D eigenvalue weighted by Gasteiger charge is 2.39. The molecule has 0 aliphatic heterocycles. The average Bonchev–Trinajstić information content (AvgIpc) is 2.58. The van der Waals surface area contributed by atoms with Crippen LogP contribution in [0.1, 0.15) is 80.2 Å². The normalized spacial score (nSPS) is 15.1. The van der Waals surface area contributed by atoms with Crippen molar-refractivity contribution in [2.75, 3.05) is 0 Å². The summed E-state index contributed by atoms with van der Waals surface area (Å²) in [5.74, 6) is 0. The zero-order valence-electron chi connectivity index (χ0n) is 15.0. The van der Waals surface area contributed by atoms with Gasteiger partial charge in [0, 0.05) is 5.41 Å². The number of hydrogen-bond acceptors (Lipinski definition) is 0. The fourth-order valence-electron chi connectivity index (χ4n) is 4.40. The fourth-order valence-corrected chi connectivity index (χ4v) is 4.40. The van der Waals surface area contributed by atoms with E-state index in [1.807, 2.05) is 0 Å². The molecule has 0 saturated heterocycles. The second-order valence-electron chi connectivity index (χ2n) is 7.28. The third-order valence-corrected chi connectivity index (χ3v) is 5.61. The molecular formula is C23H30. The maximum absolute atomic E-state index is 2.48. The molecule has 1 aliphatic rings. The second kappa shape index (κ2) is 6.91. The molecule has 0 fully saturated rings. The molecule has 0 aromatic heterocycles. The summed E-state index contributed by atoms with van der Waals surface area (Å²) in [5.41, 5.74) is 7.98. The minimum absolute atomic E-state index is 0.238. The predicted octanol–water partition coefficient (Wildman–Crippen LogP) is 6.57. The maximum atomic E-state index is 2.48. The van der Waals surface area contributed by atoms with Crippen molar-refractivity contribution in [1.82, 2.24) is 0 Å². The van der Waals surface area contributed by atoms with Crippen molar-refractivity contribution < 1.29 is 0 Å². The Morgan fingerprint density at radius 1 is 0.826 bits per heavy atom. The van der Waals surface area contributed by atoms with E-state index in [1.165, 1.54) is 44.1 Å². The summed E-state index contributed by atoms with van der Waals surface area (Å²) < 4.78 is 0. The van der Waals surface area contributed by atoms with Crippen LogP contribution in [0.4, 0.5) is 0 Å². The molecule has 0 nitrogen and oxygen atoms in total. The lowest BCUT2D eigenvalue weighted by molar-refractivity contribution is 0.395. The Kier molecular flexibility index (Phi) is 4.90. The zero-order chi connectivity index (χ0) is 16.3. The van der Waals surface area contributed by atoms with E-state index in [0.717, 1.165) is 6.42 Å². The number of aryl methyl sites for hydroxylation is 1. The number of rotatable bonds is 6. The van der Waals surface area contributed by atoms with Crippen molar-refractivity contribution in [3.8, 4) is 0 Å². The summed E-state index contributed by atoms with van der Waals surface area (Å²) in [4.78, 5) is 0. The third-order valence-electron chi connectivity index (χ3n) is 5.61. The predicted molar refractivity (Wildman–Crippen MR) is 100 cm³/mol. The number of benzene rings is 2. The van der Waals surface area contributed by atoms with Crippen molar-refractivity contribution >= 4 is 0 Å². The first-order chi connectivity index (χ1) is 11.2. The lowest BCUT2D eigenvalue weighted by Crippen LogP contribution is -2.33. The van der Waals surface area contributed by atoms with Gasteiger partial charge in [-0.2, -0.15) is 0 Å². The molecule has 0 spiro atoms. The van der Waals surface area contributed by atoms with Gasteiger partial charge in [-0.3, -0.25) is 0 Å². The van der Waals surface area contributed by atoms with Crippen LogP contribution >= 0.6 is 0 Å². The Balaban J connectivity index is 2.19. The van der Waals surface area contributed by atoms with Gasteiger partial charge in [-0.1, -0.05) is 87.6 Å². The molecule has 0 heterocycles. The highest BCUT2D eigenvalue weighted by atomic mass is 14.4. The average molecular weight is 306 g/mol. The van der Waals surface area contributed by atoms with Crippen LogP contribution in [0.3, 0.4) is 0 Å². The largest absolute Gasteiger partial charge is 0.0654 e. The molecule has 0 unspecified atom stereocenters. The van der Waals surface area contributed by atoms with Gasteiger partial charge in [0.1, 0.15) is 0 Å². The van der Waals surface area contributed by atoms with Gasteiger partial charge in [-0.25, -0.2) is 0 Å². The smallest absolute Gasteiger partial charge is 0.0208 e. The molecule has 0 atom stereocenters. The summed E-state index contributed by atoms with van der Waals surface area (Å²) >= 11 is 0. The van der Waals surface area contributed by atoms with E-state index in [-0.39, 0.29) is 5.41 Å². The molecule has 122 valence electrons. The van der Waals surface area contributed by atoms with Gasteiger partial charge in [0.25, 0.3) is 0 Å². The molecular weight excluding hydrogens is 276 g/mol. The number of unbranched alkanes of at least 4 members (excludes halogenated alkanes) is 2. The number of hydrogen-bond donors (Lipinski definition) is 0. The summed E-state index contributed by atoms with van der Waals surface area (Å²) in [6.07, 6.45) is 8.85. The molecule has 23 heavy (non-hydrogen) atoms. The molecule has 0 bridgehead atoms. The van der Waals surface area contributed by atoms with Crippen LogP contribution in [-0.4, -0.2) is 0 Å². The van der Waals surface area contributed by atoms with Crippen LogP contribution in [0.25, 0.3) is 0 Å². The first kappa shape index (κ1) is 16.3. The quantitative estimate of drug-likeness (QED) is 0.566. The Bertz CT molecular complexity index is 657. The first-order valence-corrected chi connectivity index (χ1v) is 9.39. The van der Waals surface area contributed by atoms with Crippen molar-refractivity contribution in [3.63, 3.8) is 0 Å². The Morgan fingerprint density at radius 2 is 1.48 bits per heavy atom. The van der Waals surface area contributed by atoms with E-state index in [4.69, 9.17) is 0 Å². The van der Waals surface area contributed by atoms with Gasteiger partial charge in [-0.15, -0.1) is 0 Å². The van der Waals surface area contributed by atoms with E-state index < -0.39 is 0 Å². The van der Waals surface area contributed by atoms with E-state index >= 15 is 0 Å². The van der Waals surface area contributed by atoms with Gasteiger partial charge < -0.3 is 0 Å². The van der Waals surface area contributed by atoms with E-state index in [9.17, 15) is 0 Å². The Hall–Kier alpha value is -1.56. The minimum Gasteiger partial charge on any atom is -0.0654 e. The summed E-state index contributed by atoms with van der Waals surface area (Å²) in [6.45, 7) is 6.88. The molecule has 1 aliphatic carbocycles. The van der Waals surface area contributed by atoms with Gasteiger partial charge in [0.05, 0.1) is 0 Å². The molecule has 2 aromatic carbocycles. The van der Waals surface area contributed by atoms with Crippen molar-refractivity contribution in [2.24, 2.45) is 0 Å². The van der Waals surface area contributed by atoms with Crippen LogP contribution in [0.5, 0.6) is 0 Å². The second-order valence-corrected chi connectivity index (χ2v) is 7.28. The highest BCUT2D eigenvalue weighted by Crippen LogP contribution is 2.48. The molecule has 0 heteroatoms. The van der Waals surface area contributed by atoms with Crippen LogP contribution in [-0.2, 0) is 11.8 Å². The number of fused-ring (bicyclic) bond motifs is 2. The summed E-state index contributed by atoms with van der Waals surface area (Å²) in [5, 5.41) is 0. The van der Waals surface area contributed by atoms with E-state index in [0.29, 0.717) is 0 Å². The molecule has 3 rings (SSSR count). The van der Waals surface area contributed by atoms with Gasteiger partial charge in [-0.05, 0) is 48.4 Å². The van der Waals surface area contributed by atoms with Crippen LogP contribution in [0.15, 0.2) is 42.5 Å². The maximum Gasteiger partial charge on any atom is 0.0208 e. The van der Waals surface area contributed by atoms with Crippen molar-refractivity contribution in [1.29, 1.82) is 0 Å². The van der Waals surface area contributed by atoms with Crippen LogP contribution in [0.2, 0.25) is 0 Å². The summed E-state index contributed by atoms with van der Waals surface area (Å²) in [7, 11) is 0. The molecule has 0 radical (unpaired) electrons. The van der Waals surface area contributed by atoms with E-state index in [2.05, 4.69) is 63.2 Å². The first-order valence-electron chi connectivity index (χ1n) is 9.39. The molecule has 2 aromatic rings. The van der Waals surface area contributed by atoms with Crippen molar-refractivity contribution in [2.45, 2.75) is 71.1 Å². The van der Waals surface area contributed by atoms with Crippen molar-refractivity contribution in [3.05, 3.63) is 70.3 Å². The Morgan fingerprint density at radius 3 is 2.17 bits per heavy atom. The lowest BCUT2D eigenvalue weighted by Gasteiger charge is -2.42. The Labute approximate surface area is 141 Å². The fraction of sp³-hybridized carbons (Fsp3) is 0.478. The summed E-state index contributed by atoms with van der Waals surface area (Å²) in [6, 6.07) is 16.4. The van der Waals surface area contributed by atoms with Gasteiger partial charge in [0.15, 0.2) is 0 Å². The van der Waals surface area contributed by atoms with Gasteiger partial charge >= 0.3 is 0 Å².